The van der Waals surface area contributed by atoms with Gasteiger partial charge in [0.2, 0.25) is 0 Å². The Kier molecular flexibility index (Phi) is 5.80. The number of halogens is 3. The van der Waals surface area contributed by atoms with E-state index in [1.807, 2.05) is 0 Å². The summed E-state index contributed by atoms with van der Waals surface area (Å²) in [7, 11) is 0. The van der Waals surface area contributed by atoms with Crippen molar-refractivity contribution in [1.82, 2.24) is 4.98 Å². The number of non-ortho nitro benzene ring substituents is 1. The van der Waals surface area contributed by atoms with E-state index >= 15 is 0 Å². The van der Waals surface area contributed by atoms with Gasteiger partial charge >= 0.3 is 0 Å². The van der Waals surface area contributed by atoms with E-state index in [9.17, 15) is 19.3 Å². The van der Waals surface area contributed by atoms with Crippen molar-refractivity contribution < 1.29 is 14.1 Å². The van der Waals surface area contributed by atoms with Gasteiger partial charge in [-0.3, -0.25) is 20.3 Å². The molecule has 0 unspecified atom stereocenters. The first-order chi connectivity index (χ1) is 14.7. The van der Waals surface area contributed by atoms with E-state index in [0.717, 1.165) is 34.1 Å². The van der Waals surface area contributed by atoms with E-state index in [-0.39, 0.29) is 30.9 Å². The van der Waals surface area contributed by atoms with Crippen LogP contribution in [0.15, 0.2) is 46.7 Å². The average Bonchev–Trinajstić information content (AvgIpc) is 3.29. The highest BCUT2D eigenvalue weighted by Gasteiger charge is 2.35. The number of thiazole rings is 1. The molecule has 0 bridgehead atoms. The SMILES string of the molecule is N=C1S/C(=C\c2cccc([N+](=O)[O-])c2)C(=O)N1c1nc(-c2cc(F)c(Cl)cc2Cl)cs1. The van der Waals surface area contributed by atoms with Crippen molar-refractivity contribution in [1.29, 1.82) is 5.41 Å². The zero-order chi connectivity index (χ0) is 22.3. The molecular weight excluding hydrogens is 486 g/mol. The number of nitro groups is 1. The third-order valence-corrected chi connectivity index (χ3v) is 6.49. The first-order valence-electron chi connectivity index (χ1n) is 8.42. The fourth-order valence-corrected chi connectivity index (χ4v) is 4.96. The number of amidine groups is 1. The van der Waals surface area contributed by atoms with Crippen molar-refractivity contribution >= 4 is 74.3 Å². The largest absolute Gasteiger partial charge is 0.278 e. The molecule has 2 heterocycles. The lowest BCUT2D eigenvalue weighted by Gasteiger charge is -2.09. The summed E-state index contributed by atoms with van der Waals surface area (Å²) in [5.74, 6) is -1.14. The maximum Gasteiger partial charge on any atom is 0.273 e. The van der Waals surface area contributed by atoms with Crippen LogP contribution in [0.1, 0.15) is 5.56 Å². The van der Waals surface area contributed by atoms with Gasteiger partial charge in [0.05, 0.1) is 25.6 Å². The minimum Gasteiger partial charge on any atom is -0.278 e. The third-order valence-electron chi connectivity index (χ3n) is 4.17. The lowest BCUT2D eigenvalue weighted by molar-refractivity contribution is -0.384. The molecule has 0 spiro atoms. The molecule has 1 amide bonds. The molecule has 3 aromatic rings. The number of aromatic nitrogens is 1. The second kappa shape index (κ2) is 8.39. The smallest absolute Gasteiger partial charge is 0.273 e. The van der Waals surface area contributed by atoms with Crippen LogP contribution < -0.4 is 4.90 Å². The van der Waals surface area contributed by atoms with Gasteiger partial charge in [-0.2, -0.15) is 0 Å². The second-order valence-electron chi connectivity index (χ2n) is 6.17. The van der Waals surface area contributed by atoms with Crippen LogP contribution in [0.2, 0.25) is 10.0 Å². The van der Waals surface area contributed by atoms with Crippen LogP contribution in [0.3, 0.4) is 0 Å². The van der Waals surface area contributed by atoms with Gasteiger partial charge in [-0.05, 0) is 35.5 Å². The fraction of sp³-hybridized carbons (Fsp3) is 0. The monoisotopic (exact) mass is 494 g/mol. The molecule has 2 aromatic carbocycles. The maximum atomic E-state index is 13.8. The van der Waals surface area contributed by atoms with Crippen LogP contribution in [0.25, 0.3) is 17.3 Å². The number of nitro benzene ring substituents is 1. The number of nitrogens with zero attached hydrogens (tertiary/aromatic N) is 3. The van der Waals surface area contributed by atoms with Crippen LogP contribution >= 0.6 is 46.3 Å². The Labute approximate surface area is 192 Å². The Morgan fingerprint density at radius 3 is 2.74 bits per heavy atom. The summed E-state index contributed by atoms with van der Waals surface area (Å²) in [6, 6.07) is 8.25. The number of nitrogens with one attached hydrogen (secondary N) is 1. The van der Waals surface area contributed by atoms with Gasteiger partial charge in [-0.15, -0.1) is 11.3 Å². The fourth-order valence-electron chi connectivity index (χ4n) is 2.75. The van der Waals surface area contributed by atoms with E-state index in [1.54, 1.807) is 11.4 Å². The Bertz CT molecular complexity index is 1290. The zero-order valence-corrected chi connectivity index (χ0v) is 18.3. The van der Waals surface area contributed by atoms with E-state index < -0.39 is 16.6 Å². The summed E-state index contributed by atoms with van der Waals surface area (Å²) in [5, 5.41) is 20.9. The van der Waals surface area contributed by atoms with Crippen molar-refractivity contribution in [2.45, 2.75) is 0 Å². The first kappa shape index (κ1) is 21.4. The Balaban J connectivity index is 1.64. The van der Waals surface area contributed by atoms with Crippen molar-refractivity contribution in [3.8, 4) is 11.3 Å². The summed E-state index contributed by atoms with van der Waals surface area (Å²) in [4.78, 5) is 29.0. The molecule has 1 aliphatic rings. The van der Waals surface area contributed by atoms with Gasteiger partial charge in [0.1, 0.15) is 5.82 Å². The molecule has 1 aliphatic heterocycles. The summed E-state index contributed by atoms with van der Waals surface area (Å²) in [6.07, 6.45) is 1.48. The number of benzene rings is 2. The highest BCUT2D eigenvalue weighted by molar-refractivity contribution is 8.19. The first-order valence-corrected chi connectivity index (χ1v) is 10.9. The number of hydrogen-bond acceptors (Lipinski definition) is 7. The topological polar surface area (TPSA) is 100 Å². The third kappa shape index (κ3) is 4.19. The molecule has 0 aliphatic carbocycles. The number of rotatable bonds is 4. The number of anilines is 1. The molecule has 1 N–H and O–H groups in total. The van der Waals surface area contributed by atoms with E-state index in [1.165, 1.54) is 30.3 Å². The van der Waals surface area contributed by atoms with Crippen LogP contribution in [-0.4, -0.2) is 21.0 Å². The molecule has 0 saturated carbocycles. The molecule has 1 fully saturated rings. The number of hydrogen-bond donors (Lipinski definition) is 1. The molecule has 1 saturated heterocycles. The number of amides is 1. The van der Waals surface area contributed by atoms with Crippen LogP contribution in [0.4, 0.5) is 15.2 Å². The molecule has 4 rings (SSSR count). The van der Waals surface area contributed by atoms with Gasteiger partial charge in [-0.1, -0.05) is 35.3 Å². The number of carbonyl (C=O) groups excluding carboxylic acids is 1. The lowest BCUT2D eigenvalue weighted by Crippen LogP contribution is -2.27. The highest BCUT2D eigenvalue weighted by atomic mass is 35.5. The summed E-state index contributed by atoms with van der Waals surface area (Å²) >= 11 is 13.9. The van der Waals surface area contributed by atoms with Crippen LogP contribution in [0.5, 0.6) is 0 Å². The summed E-state index contributed by atoms with van der Waals surface area (Å²) in [5.41, 5.74) is 1.00. The van der Waals surface area contributed by atoms with Crippen LogP contribution in [-0.2, 0) is 4.79 Å². The van der Waals surface area contributed by atoms with Crippen molar-refractivity contribution in [3.63, 3.8) is 0 Å². The molecule has 156 valence electrons. The summed E-state index contributed by atoms with van der Waals surface area (Å²) in [6.45, 7) is 0. The highest BCUT2D eigenvalue weighted by Crippen LogP contribution is 2.39. The van der Waals surface area contributed by atoms with Gasteiger partial charge < -0.3 is 0 Å². The minimum absolute atomic E-state index is 0.0732. The van der Waals surface area contributed by atoms with Crippen LogP contribution in [0, 0.1) is 21.3 Å². The molecule has 0 radical (unpaired) electrons. The van der Waals surface area contributed by atoms with Crippen molar-refractivity contribution in [2.75, 3.05) is 4.90 Å². The average molecular weight is 495 g/mol. The molecule has 12 heteroatoms. The van der Waals surface area contributed by atoms with E-state index in [4.69, 9.17) is 28.6 Å². The molecular formula is C19H9Cl2FN4O3S2. The Morgan fingerprint density at radius 1 is 1.23 bits per heavy atom. The quantitative estimate of drug-likeness (QED) is 0.201. The molecule has 0 atom stereocenters. The van der Waals surface area contributed by atoms with Crippen molar-refractivity contribution in [2.24, 2.45) is 0 Å². The molecule has 31 heavy (non-hydrogen) atoms. The predicted molar refractivity (Wildman–Crippen MR) is 121 cm³/mol. The Morgan fingerprint density at radius 2 is 2.00 bits per heavy atom. The number of carbonyl (C=O) groups is 1. The normalized spacial score (nSPS) is 15.2. The lowest BCUT2D eigenvalue weighted by atomic mass is 10.2. The summed E-state index contributed by atoms with van der Waals surface area (Å²) < 4.78 is 13.8. The van der Waals surface area contributed by atoms with Gasteiger partial charge in [0, 0.05) is 23.1 Å². The van der Waals surface area contributed by atoms with E-state index in [2.05, 4.69) is 4.98 Å². The Hall–Kier alpha value is -2.79. The predicted octanol–water partition coefficient (Wildman–Crippen LogP) is 6.22. The standard InChI is InChI=1S/C19H9Cl2FN4O3S2/c20-12-7-13(21)14(22)6-11(12)15-8-30-19(24-15)25-17(27)16(31-18(25)23)5-9-2-1-3-10(4-9)26(28)29/h1-8,23H/b16-5-,23-18?. The zero-order valence-electron chi connectivity index (χ0n) is 15.1. The van der Waals surface area contributed by atoms with Gasteiger partial charge in [-0.25, -0.2) is 14.3 Å². The number of thioether (sulfide) groups is 1. The minimum atomic E-state index is -0.654. The maximum absolute atomic E-state index is 13.8. The molecule has 7 nitrogen and oxygen atoms in total. The van der Waals surface area contributed by atoms with E-state index in [0.29, 0.717) is 16.8 Å². The van der Waals surface area contributed by atoms with Gasteiger partial charge in [0.25, 0.3) is 11.6 Å². The molecule has 1 aromatic heterocycles. The second-order valence-corrected chi connectivity index (χ2v) is 8.85. The van der Waals surface area contributed by atoms with Crippen molar-refractivity contribution in [3.05, 3.63) is 78.2 Å². The van der Waals surface area contributed by atoms with Gasteiger partial charge in [0.15, 0.2) is 10.3 Å².